The summed E-state index contributed by atoms with van der Waals surface area (Å²) in [5.41, 5.74) is 0. The second-order valence-electron chi connectivity index (χ2n) is 5.54. The van der Waals surface area contributed by atoms with E-state index in [1.54, 1.807) is 0 Å². The Morgan fingerprint density at radius 1 is 1.42 bits per heavy atom. The fourth-order valence-electron chi connectivity index (χ4n) is 2.47. The minimum Gasteiger partial charge on any atom is -0.369 e. The number of nitrogens with one attached hydrogen (secondary N) is 2. The number of hydrogen-bond acceptors (Lipinski definition) is 3. The molecule has 1 rings (SSSR count). The quantitative estimate of drug-likeness (QED) is 0.710. The van der Waals surface area contributed by atoms with Gasteiger partial charge in [-0.2, -0.15) is 0 Å². The van der Waals surface area contributed by atoms with E-state index in [9.17, 15) is 4.79 Å². The zero-order valence-corrected chi connectivity index (χ0v) is 12.7. The van der Waals surface area contributed by atoms with E-state index in [-0.39, 0.29) is 18.1 Å². The minimum atomic E-state index is -0.336. The number of rotatable bonds is 8. The molecule has 1 aliphatic heterocycles. The molecule has 1 saturated heterocycles. The van der Waals surface area contributed by atoms with Crippen LogP contribution in [0.5, 0.6) is 0 Å². The summed E-state index contributed by atoms with van der Waals surface area (Å²) >= 11 is 0. The molecule has 1 fully saturated rings. The monoisotopic (exact) mass is 270 g/mol. The lowest BCUT2D eigenvalue weighted by atomic mass is 9.97. The molecule has 0 saturated carbocycles. The van der Waals surface area contributed by atoms with Crippen molar-refractivity contribution < 1.29 is 9.53 Å². The van der Waals surface area contributed by atoms with E-state index in [2.05, 4.69) is 24.5 Å². The van der Waals surface area contributed by atoms with E-state index >= 15 is 0 Å². The maximum atomic E-state index is 11.9. The van der Waals surface area contributed by atoms with Gasteiger partial charge in [0.25, 0.3) is 0 Å². The predicted molar refractivity (Wildman–Crippen MR) is 78.1 cm³/mol. The molecule has 19 heavy (non-hydrogen) atoms. The average molecular weight is 270 g/mol. The molecule has 1 amide bonds. The second kappa shape index (κ2) is 9.32. The molecule has 0 aromatic rings. The Morgan fingerprint density at radius 2 is 2.16 bits per heavy atom. The van der Waals surface area contributed by atoms with Crippen molar-refractivity contribution in [3.05, 3.63) is 0 Å². The average Bonchev–Trinajstić information content (AvgIpc) is 2.45. The minimum absolute atomic E-state index is 0.0236. The fraction of sp³-hybridized carbons (Fsp3) is 0.933. The van der Waals surface area contributed by atoms with Crippen molar-refractivity contribution in [3.63, 3.8) is 0 Å². The summed E-state index contributed by atoms with van der Waals surface area (Å²) in [5.74, 6) is 0.735. The maximum Gasteiger partial charge on any atom is 0.249 e. The van der Waals surface area contributed by atoms with Crippen LogP contribution in [0.3, 0.4) is 0 Å². The molecular formula is C15H30N2O2. The van der Waals surface area contributed by atoms with Crippen LogP contribution >= 0.6 is 0 Å². The topological polar surface area (TPSA) is 50.4 Å². The number of hydrogen-bond donors (Lipinski definition) is 2. The van der Waals surface area contributed by atoms with Gasteiger partial charge in [0.2, 0.25) is 5.91 Å². The van der Waals surface area contributed by atoms with Crippen LogP contribution < -0.4 is 10.6 Å². The third-order valence-corrected chi connectivity index (χ3v) is 3.99. The van der Waals surface area contributed by atoms with Crippen molar-refractivity contribution in [1.29, 1.82) is 0 Å². The smallest absolute Gasteiger partial charge is 0.249 e. The van der Waals surface area contributed by atoms with Gasteiger partial charge < -0.3 is 15.4 Å². The molecule has 2 unspecified atom stereocenters. The van der Waals surface area contributed by atoms with Crippen LogP contribution in [0.25, 0.3) is 0 Å². The zero-order valence-electron chi connectivity index (χ0n) is 12.7. The first-order valence-electron chi connectivity index (χ1n) is 7.80. The van der Waals surface area contributed by atoms with Gasteiger partial charge in [0.15, 0.2) is 0 Å². The largest absolute Gasteiger partial charge is 0.369 e. The highest BCUT2D eigenvalue weighted by molar-refractivity contribution is 5.80. The zero-order chi connectivity index (χ0) is 14.1. The Labute approximate surface area is 117 Å². The third kappa shape index (κ3) is 6.39. The number of carbonyl (C=O) groups is 1. The van der Waals surface area contributed by atoms with Crippen LogP contribution in [-0.4, -0.2) is 37.7 Å². The lowest BCUT2D eigenvalue weighted by molar-refractivity contribution is -0.132. The van der Waals surface area contributed by atoms with Crippen molar-refractivity contribution in [2.45, 2.75) is 65.0 Å². The van der Waals surface area contributed by atoms with Crippen molar-refractivity contribution in [2.75, 3.05) is 19.7 Å². The SMILES string of the molecule is CCC(CC)NC(=O)C(C)OCCC1CCCNC1. The Kier molecular flexibility index (Phi) is 8.07. The molecule has 2 atom stereocenters. The van der Waals surface area contributed by atoms with Crippen molar-refractivity contribution in [3.8, 4) is 0 Å². The third-order valence-electron chi connectivity index (χ3n) is 3.99. The van der Waals surface area contributed by atoms with Crippen molar-refractivity contribution >= 4 is 5.91 Å². The molecule has 112 valence electrons. The highest BCUT2D eigenvalue weighted by atomic mass is 16.5. The second-order valence-corrected chi connectivity index (χ2v) is 5.54. The first-order chi connectivity index (χ1) is 9.17. The Balaban J connectivity index is 2.15. The van der Waals surface area contributed by atoms with Crippen LogP contribution in [0.4, 0.5) is 0 Å². The van der Waals surface area contributed by atoms with Gasteiger partial charge in [0.1, 0.15) is 6.10 Å². The molecule has 0 radical (unpaired) electrons. The van der Waals surface area contributed by atoms with Gasteiger partial charge in [-0.05, 0) is 58.0 Å². The van der Waals surface area contributed by atoms with E-state index in [4.69, 9.17) is 4.74 Å². The Bertz CT molecular complexity index is 249. The molecule has 2 N–H and O–H groups in total. The standard InChI is InChI=1S/C15H30N2O2/c1-4-14(5-2)17-15(18)12(3)19-10-8-13-7-6-9-16-11-13/h12-14,16H,4-11H2,1-3H3,(H,17,18). The lowest BCUT2D eigenvalue weighted by Gasteiger charge is -2.23. The molecule has 0 aromatic heterocycles. The molecule has 4 heteroatoms. The molecule has 0 bridgehead atoms. The van der Waals surface area contributed by atoms with Crippen molar-refractivity contribution in [2.24, 2.45) is 5.92 Å². The van der Waals surface area contributed by atoms with Gasteiger partial charge in [-0.3, -0.25) is 4.79 Å². The van der Waals surface area contributed by atoms with Gasteiger partial charge >= 0.3 is 0 Å². The van der Waals surface area contributed by atoms with E-state index in [0.29, 0.717) is 12.5 Å². The van der Waals surface area contributed by atoms with Gasteiger partial charge in [0.05, 0.1) is 0 Å². The molecular weight excluding hydrogens is 240 g/mol. The normalized spacial score (nSPS) is 21.4. The molecule has 1 aliphatic rings. The number of carbonyl (C=O) groups excluding carboxylic acids is 1. The molecule has 0 spiro atoms. The lowest BCUT2D eigenvalue weighted by Crippen LogP contribution is -2.41. The summed E-state index contributed by atoms with van der Waals surface area (Å²) in [5, 5.41) is 6.43. The summed E-state index contributed by atoms with van der Waals surface area (Å²) in [4.78, 5) is 11.9. The van der Waals surface area contributed by atoms with Crippen LogP contribution in [0, 0.1) is 5.92 Å². The van der Waals surface area contributed by atoms with E-state index in [1.807, 2.05) is 6.92 Å². The van der Waals surface area contributed by atoms with Crippen LogP contribution in [0.15, 0.2) is 0 Å². The highest BCUT2D eigenvalue weighted by Gasteiger charge is 2.17. The summed E-state index contributed by atoms with van der Waals surface area (Å²) in [6, 6.07) is 0.279. The first kappa shape index (κ1) is 16.4. The first-order valence-corrected chi connectivity index (χ1v) is 7.80. The van der Waals surface area contributed by atoms with E-state index < -0.39 is 0 Å². The summed E-state index contributed by atoms with van der Waals surface area (Å²) in [6.07, 6.45) is 5.21. The Hall–Kier alpha value is -0.610. The van der Waals surface area contributed by atoms with E-state index in [1.165, 1.54) is 12.8 Å². The fourth-order valence-corrected chi connectivity index (χ4v) is 2.47. The number of amides is 1. The summed E-state index contributed by atoms with van der Waals surface area (Å²) < 4.78 is 5.66. The predicted octanol–water partition coefficient (Wildman–Crippen LogP) is 2.09. The van der Waals surface area contributed by atoms with Gasteiger partial charge in [-0.25, -0.2) is 0 Å². The summed E-state index contributed by atoms with van der Waals surface area (Å²) in [7, 11) is 0. The number of ether oxygens (including phenoxy) is 1. The number of piperidine rings is 1. The van der Waals surface area contributed by atoms with Gasteiger partial charge in [-0.1, -0.05) is 13.8 Å². The Morgan fingerprint density at radius 3 is 2.74 bits per heavy atom. The van der Waals surface area contributed by atoms with E-state index in [0.717, 1.165) is 32.4 Å². The summed E-state index contributed by atoms with van der Waals surface area (Å²) in [6.45, 7) is 8.95. The molecule has 4 nitrogen and oxygen atoms in total. The highest BCUT2D eigenvalue weighted by Crippen LogP contribution is 2.14. The molecule has 0 aliphatic carbocycles. The van der Waals surface area contributed by atoms with Crippen LogP contribution in [0.1, 0.15) is 52.9 Å². The van der Waals surface area contributed by atoms with Crippen LogP contribution in [0.2, 0.25) is 0 Å². The molecule has 0 aromatic carbocycles. The van der Waals surface area contributed by atoms with Crippen molar-refractivity contribution in [1.82, 2.24) is 10.6 Å². The molecule has 1 heterocycles. The maximum absolute atomic E-state index is 11.9. The van der Waals surface area contributed by atoms with Gasteiger partial charge in [0, 0.05) is 12.6 Å². The van der Waals surface area contributed by atoms with Gasteiger partial charge in [-0.15, -0.1) is 0 Å². The van der Waals surface area contributed by atoms with Crippen LogP contribution in [-0.2, 0) is 9.53 Å².